The first-order chi connectivity index (χ1) is 13.2. The van der Waals surface area contributed by atoms with Crippen LogP contribution in [0.5, 0.6) is 0 Å². The molecule has 138 valence electrons. The van der Waals surface area contributed by atoms with Crippen LogP contribution in [0, 0.1) is 5.41 Å². The molecule has 1 aromatic carbocycles. The monoisotopic (exact) mass is 361 g/mol. The van der Waals surface area contributed by atoms with Crippen molar-refractivity contribution in [1.82, 2.24) is 24.4 Å². The molecule has 2 saturated heterocycles. The number of likely N-dealkylation sites (tertiary alicyclic amines) is 2. The fraction of sp³-hybridized carbons (Fsp3) is 0.381. The number of hydrogen-bond donors (Lipinski definition) is 0. The van der Waals surface area contributed by atoms with Crippen molar-refractivity contribution >= 4 is 11.6 Å². The highest BCUT2D eigenvalue weighted by Crippen LogP contribution is 2.40. The van der Waals surface area contributed by atoms with Crippen LogP contribution in [-0.4, -0.2) is 56.5 Å². The lowest BCUT2D eigenvalue weighted by molar-refractivity contribution is 0.0774. The summed E-state index contributed by atoms with van der Waals surface area (Å²) in [6, 6.07) is 12.5. The van der Waals surface area contributed by atoms with E-state index in [1.54, 1.807) is 16.9 Å². The van der Waals surface area contributed by atoms with Gasteiger partial charge in [0.15, 0.2) is 5.65 Å². The molecule has 3 aromatic rings. The van der Waals surface area contributed by atoms with Crippen molar-refractivity contribution < 1.29 is 4.79 Å². The van der Waals surface area contributed by atoms with Gasteiger partial charge in [0, 0.05) is 44.0 Å². The van der Waals surface area contributed by atoms with Gasteiger partial charge in [-0.2, -0.15) is 5.10 Å². The summed E-state index contributed by atoms with van der Waals surface area (Å²) in [5, 5.41) is 4.26. The molecule has 27 heavy (non-hydrogen) atoms. The lowest BCUT2D eigenvalue weighted by Gasteiger charge is -2.24. The maximum absolute atomic E-state index is 13.1. The highest BCUT2D eigenvalue weighted by atomic mass is 16.2. The number of amides is 1. The first kappa shape index (κ1) is 16.4. The molecule has 1 unspecified atom stereocenters. The summed E-state index contributed by atoms with van der Waals surface area (Å²) < 4.78 is 1.66. The Morgan fingerprint density at radius 1 is 1.07 bits per heavy atom. The Hall–Kier alpha value is -2.73. The van der Waals surface area contributed by atoms with Crippen LogP contribution >= 0.6 is 0 Å². The number of hydrogen-bond acceptors (Lipinski definition) is 4. The molecule has 0 radical (unpaired) electrons. The van der Waals surface area contributed by atoms with Gasteiger partial charge < -0.3 is 4.90 Å². The summed E-state index contributed by atoms with van der Waals surface area (Å²) in [6.45, 7) is 4.83. The van der Waals surface area contributed by atoms with Crippen LogP contribution in [0.3, 0.4) is 0 Å². The Balaban J connectivity index is 1.28. The third-order valence-electron chi connectivity index (χ3n) is 6.00. The van der Waals surface area contributed by atoms with E-state index < -0.39 is 0 Å². The molecule has 1 amide bonds. The number of benzene rings is 1. The van der Waals surface area contributed by atoms with Gasteiger partial charge in [-0.15, -0.1) is 0 Å². The van der Waals surface area contributed by atoms with Crippen LogP contribution in [0.15, 0.2) is 55.0 Å². The third-order valence-corrected chi connectivity index (χ3v) is 6.00. The van der Waals surface area contributed by atoms with Gasteiger partial charge >= 0.3 is 0 Å². The van der Waals surface area contributed by atoms with E-state index in [-0.39, 0.29) is 11.3 Å². The molecule has 6 nitrogen and oxygen atoms in total. The first-order valence-electron chi connectivity index (χ1n) is 9.56. The molecular formula is C21H23N5O. The third kappa shape index (κ3) is 3.00. The van der Waals surface area contributed by atoms with E-state index in [2.05, 4.69) is 45.3 Å². The molecule has 0 aliphatic carbocycles. The van der Waals surface area contributed by atoms with E-state index in [1.807, 2.05) is 17.2 Å². The molecule has 2 aliphatic rings. The van der Waals surface area contributed by atoms with E-state index in [0.717, 1.165) is 45.6 Å². The highest BCUT2D eigenvalue weighted by Gasteiger charge is 2.45. The van der Waals surface area contributed by atoms with Crippen LogP contribution in [0.1, 0.15) is 28.8 Å². The summed E-state index contributed by atoms with van der Waals surface area (Å²) in [6.07, 6.45) is 7.42. The van der Waals surface area contributed by atoms with E-state index in [4.69, 9.17) is 0 Å². The van der Waals surface area contributed by atoms with E-state index in [1.165, 1.54) is 5.56 Å². The van der Waals surface area contributed by atoms with Crippen LogP contribution in [0.4, 0.5) is 0 Å². The van der Waals surface area contributed by atoms with Crippen LogP contribution < -0.4 is 0 Å². The van der Waals surface area contributed by atoms with Gasteiger partial charge in [0.25, 0.3) is 5.91 Å². The lowest BCUT2D eigenvalue weighted by atomic mass is 9.86. The van der Waals surface area contributed by atoms with Crippen molar-refractivity contribution in [2.45, 2.75) is 19.4 Å². The molecular weight excluding hydrogens is 338 g/mol. The second-order valence-corrected chi connectivity index (χ2v) is 7.87. The molecule has 1 atom stereocenters. The number of nitrogens with zero attached hydrogens (tertiary/aromatic N) is 5. The quantitative estimate of drug-likeness (QED) is 0.719. The number of carbonyl (C=O) groups is 1. The molecule has 0 N–H and O–H groups in total. The minimum absolute atomic E-state index is 0.0575. The molecule has 2 aliphatic heterocycles. The van der Waals surface area contributed by atoms with Crippen LogP contribution in [0.2, 0.25) is 0 Å². The summed E-state index contributed by atoms with van der Waals surface area (Å²) >= 11 is 0. The Morgan fingerprint density at radius 2 is 1.93 bits per heavy atom. The standard InChI is InChI=1S/C21H23N5O/c27-20(18-13-23-26-10-4-9-22-19(18)26)25-12-8-21(16-25)7-11-24(15-21)14-17-5-2-1-3-6-17/h1-6,9-10,13H,7-8,11-12,14-16H2. The van der Waals surface area contributed by atoms with Crippen LogP contribution in [-0.2, 0) is 6.54 Å². The summed E-state index contributed by atoms with van der Waals surface area (Å²) in [4.78, 5) is 21.9. The normalized spacial score (nSPS) is 22.9. The Kier molecular flexibility index (Phi) is 3.93. The van der Waals surface area contributed by atoms with Crippen molar-refractivity contribution in [3.63, 3.8) is 0 Å². The predicted molar refractivity (Wildman–Crippen MR) is 102 cm³/mol. The van der Waals surface area contributed by atoms with Gasteiger partial charge in [-0.25, -0.2) is 9.50 Å². The average molecular weight is 361 g/mol. The molecule has 1 spiro atoms. The van der Waals surface area contributed by atoms with Crippen LogP contribution in [0.25, 0.3) is 5.65 Å². The minimum Gasteiger partial charge on any atom is -0.338 e. The fourth-order valence-corrected chi connectivity index (χ4v) is 4.59. The number of fused-ring (bicyclic) bond motifs is 1. The van der Waals surface area contributed by atoms with Gasteiger partial charge in [0.2, 0.25) is 0 Å². The van der Waals surface area contributed by atoms with Crippen molar-refractivity contribution in [3.05, 3.63) is 66.1 Å². The maximum atomic E-state index is 13.1. The zero-order chi connectivity index (χ0) is 18.3. The largest absolute Gasteiger partial charge is 0.338 e. The van der Waals surface area contributed by atoms with Gasteiger partial charge in [-0.1, -0.05) is 30.3 Å². The topological polar surface area (TPSA) is 53.7 Å². The van der Waals surface area contributed by atoms with E-state index in [9.17, 15) is 4.79 Å². The fourth-order valence-electron chi connectivity index (χ4n) is 4.59. The van der Waals surface area contributed by atoms with Crippen molar-refractivity contribution in [2.24, 2.45) is 5.41 Å². The number of rotatable bonds is 3. The van der Waals surface area contributed by atoms with Crippen molar-refractivity contribution in [1.29, 1.82) is 0 Å². The smallest absolute Gasteiger partial charge is 0.259 e. The molecule has 5 rings (SSSR count). The molecule has 0 saturated carbocycles. The molecule has 6 heteroatoms. The Morgan fingerprint density at radius 3 is 2.81 bits per heavy atom. The first-order valence-corrected chi connectivity index (χ1v) is 9.56. The van der Waals surface area contributed by atoms with E-state index >= 15 is 0 Å². The molecule has 2 fully saturated rings. The molecule has 0 bridgehead atoms. The van der Waals surface area contributed by atoms with E-state index in [0.29, 0.717) is 11.2 Å². The summed E-state index contributed by atoms with van der Waals surface area (Å²) in [5.41, 5.74) is 2.84. The second-order valence-electron chi connectivity index (χ2n) is 7.87. The average Bonchev–Trinajstić information content (AvgIpc) is 3.42. The molecule has 4 heterocycles. The van der Waals surface area contributed by atoms with Crippen molar-refractivity contribution in [2.75, 3.05) is 26.2 Å². The highest BCUT2D eigenvalue weighted by molar-refractivity contribution is 5.99. The SMILES string of the molecule is O=C(c1cnn2cccnc12)N1CCC2(CCN(Cc3ccccc3)C2)C1. The van der Waals surface area contributed by atoms with Gasteiger partial charge in [-0.3, -0.25) is 9.69 Å². The van der Waals surface area contributed by atoms with Gasteiger partial charge in [0.1, 0.15) is 5.56 Å². The summed E-state index contributed by atoms with van der Waals surface area (Å²) in [5.74, 6) is 0.0575. The maximum Gasteiger partial charge on any atom is 0.259 e. The number of carbonyl (C=O) groups excluding carboxylic acids is 1. The zero-order valence-electron chi connectivity index (χ0n) is 15.3. The number of aromatic nitrogens is 3. The molecule has 2 aromatic heterocycles. The van der Waals surface area contributed by atoms with Gasteiger partial charge in [0.05, 0.1) is 6.20 Å². The zero-order valence-corrected chi connectivity index (χ0v) is 15.3. The Bertz CT molecular complexity index is 969. The summed E-state index contributed by atoms with van der Waals surface area (Å²) in [7, 11) is 0. The second kappa shape index (κ2) is 6.46. The van der Waals surface area contributed by atoms with Gasteiger partial charge in [-0.05, 0) is 31.0 Å². The predicted octanol–water partition coefficient (Wildman–Crippen LogP) is 2.47. The minimum atomic E-state index is 0.0575. The Labute approximate surface area is 158 Å². The van der Waals surface area contributed by atoms with Crippen molar-refractivity contribution in [3.8, 4) is 0 Å². The lowest BCUT2D eigenvalue weighted by Crippen LogP contribution is -2.34.